The fraction of sp³-hybridized carbons (Fsp3) is 0.0769. The van der Waals surface area contributed by atoms with E-state index in [0.717, 1.165) is 5.56 Å². The summed E-state index contributed by atoms with van der Waals surface area (Å²) in [7, 11) is 0. The molecule has 0 atom stereocenters. The van der Waals surface area contributed by atoms with Crippen molar-refractivity contribution in [3.8, 4) is 0 Å². The SMILES string of the molecule is O=C(Cc1ccccc1)NNC(=O)c1ccoc1. The Morgan fingerprint density at radius 2 is 1.83 bits per heavy atom. The Hall–Kier alpha value is -2.56. The summed E-state index contributed by atoms with van der Waals surface area (Å²) in [5.74, 6) is -0.691. The zero-order valence-electron chi connectivity index (χ0n) is 9.55. The molecular formula is C13H12N2O3. The molecule has 1 heterocycles. The number of nitrogens with one attached hydrogen (secondary N) is 2. The van der Waals surface area contributed by atoms with Gasteiger partial charge in [0.2, 0.25) is 5.91 Å². The molecule has 18 heavy (non-hydrogen) atoms. The lowest BCUT2D eigenvalue weighted by Crippen LogP contribution is -2.42. The average molecular weight is 244 g/mol. The third-order valence-electron chi connectivity index (χ3n) is 2.31. The molecule has 5 nitrogen and oxygen atoms in total. The number of hydrogen-bond acceptors (Lipinski definition) is 3. The Labute approximate surface area is 104 Å². The number of carbonyl (C=O) groups is 2. The van der Waals surface area contributed by atoms with E-state index in [1.165, 1.54) is 18.6 Å². The first-order valence-corrected chi connectivity index (χ1v) is 5.41. The number of amides is 2. The summed E-state index contributed by atoms with van der Waals surface area (Å²) in [6, 6.07) is 10.8. The van der Waals surface area contributed by atoms with Crippen molar-refractivity contribution in [1.29, 1.82) is 0 Å². The molecule has 1 aromatic carbocycles. The summed E-state index contributed by atoms with van der Waals surface area (Å²) in [4.78, 5) is 23.0. The number of hydrogen-bond donors (Lipinski definition) is 2. The Morgan fingerprint density at radius 1 is 1.06 bits per heavy atom. The van der Waals surface area contributed by atoms with Crippen molar-refractivity contribution in [3.63, 3.8) is 0 Å². The second-order valence-electron chi connectivity index (χ2n) is 3.68. The molecule has 0 aliphatic carbocycles. The summed E-state index contributed by atoms with van der Waals surface area (Å²) < 4.78 is 4.76. The van der Waals surface area contributed by atoms with Crippen molar-refractivity contribution in [3.05, 3.63) is 60.1 Å². The van der Waals surface area contributed by atoms with Gasteiger partial charge in [-0.05, 0) is 11.6 Å². The molecule has 2 N–H and O–H groups in total. The Balaban J connectivity index is 1.80. The molecule has 0 radical (unpaired) electrons. The van der Waals surface area contributed by atoms with Gasteiger partial charge in [-0.2, -0.15) is 0 Å². The molecule has 5 heteroatoms. The van der Waals surface area contributed by atoms with Crippen LogP contribution in [0.15, 0.2) is 53.3 Å². The highest BCUT2D eigenvalue weighted by Crippen LogP contribution is 2.00. The lowest BCUT2D eigenvalue weighted by Gasteiger charge is -2.05. The molecule has 0 aliphatic heterocycles. The second kappa shape index (κ2) is 5.67. The van der Waals surface area contributed by atoms with Gasteiger partial charge >= 0.3 is 0 Å². The van der Waals surface area contributed by atoms with Crippen LogP contribution in [0.1, 0.15) is 15.9 Å². The smallest absolute Gasteiger partial charge is 0.272 e. The molecule has 2 amide bonds. The van der Waals surface area contributed by atoms with E-state index in [1.807, 2.05) is 30.3 Å². The molecule has 0 bridgehead atoms. The summed E-state index contributed by atoms with van der Waals surface area (Å²) in [5, 5.41) is 0. The van der Waals surface area contributed by atoms with Crippen LogP contribution in [-0.2, 0) is 11.2 Å². The van der Waals surface area contributed by atoms with Gasteiger partial charge in [0.25, 0.3) is 5.91 Å². The van der Waals surface area contributed by atoms with Crippen LogP contribution in [-0.4, -0.2) is 11.8 Å². The third-order valence-corrected chi connectivity index (χ3v) is 2.31. The fourth-order valence-corrected chi connectivity index (χ4v) is 1.42. The topological polar surface area (TPSA) is 71.3 Å². The highest BCUT2D eigenvalue weighted by molar-refractivity contribution is 5.95. The minimum absolute atomic E-state index is 0.215. The van der Waals surface area contributed by atoms with Crippen LogP contribution in [0.4, 0.5) is 0 Å². The van der Waals surface area contributed by atoms with Crippen LogP contribution >= 0.6 is 0 Å². The summed E-state index contributed by atoms with van der Waals surface area (Å²) in [6.45, 7) is 0. The van der Waals surface area contributed by atoms with E-state index < -0.39 is 5.91 Å². The maximum absolute atomic E-state index is 11.5. The fourth-order valence-electron chi connectivity index (χ4n) is 1.42. The normalized spacial score (nSPS) is 9.78. The average Bonchev–Trinajstić information content (AvgIpc) is 2.91. The van der Waals surface area contributed by atoms with E-state index in [0.29, 0.717) is 5.56 Å². The molecule has 0 fully saturated rings. The van der Waals surface area contributed by atoms with E-state index >= 15 is 0 Å². The van der Waals surface area contributed by atoms with E-state index in [2.05, 4.69) is 10.9 Å². The first-order valence-electron chi connectivity index (χ1n) is 5.41. The number of hydrazine groups is 1. The van der Waals surface area contributed by atoms with Gasteiger partial charge in [0.05, 0.1) is 18.2 Å². The van der Waals surface area contributed by atoms with Gasteiger partial charge in [0, 0.05) is 0 Å². The van der Waals surface area contributed by atoms with Crippen molar-refractivity contribution >= 4 is 11.8 Å². The van der Waals surface area contributed by atoms with Crippen molar-refractivity contribution in [2.45, 2.75) is 6.42 Å². The number of rotatable bonds is 3. The van der Waals surface area contributed by atoms with Crippen molar-refractivity contribution in [1.82, 2.24) is 10.9 Å². The number of carbonyl (C=O) groups excluding carboxylic acids is 2. The predicted octanol–water partition coefficient (Wildman–Crippen LogP) is 1.28. The number of benzene rings is 1. The Kier molecular flexibility index (Phi) is 3.76. The van der Waals surface area contributed by atoms with Crippen molar-refractivity contribution < 1.29 is 14.0 Å². The molecule has 92 valence electrons. The molecule has 1 aromatic heterocycles. The van der Waals surface area contributed by atoms with Gasteiger partial charge < -0.3 is 4.42 Å². The quantitative estimate of drug-likeness (QED) is 0.799. The van der Waals surface area contributed by atoms with Gasteiger partial charge in [-0.3, -0.25) is 20.4 Å². The Bertz CT molecular complexity index is 520. The van der Waals surface area contributed by atoms with Crippen LogP contribution in [0.25, 0.3) is 0 Å². The molecule has 0 aliphatic rings. The van der Waals surface area contributed by atoms with E-state index in [9.17, 15) is 9.59 Å². The first kappa shape index (κ1) is 11.9. The van der Waals surface area contributed by atoms with Gasteiger partial charge in [-0.1, -0.05) is 30.3 Å². The van der Waals surface area contributed by atoms with Crippen LogP contribution in [0.3, 0.4) is 0 Å². The highest BCUT2D eigenvalue weighted by atomic mass is 16.3. The lowest BCUT2D eigenvalue weighted by atomic mass is 10.1. The summed E-state index contributed by atoms with van der Waals surface area (Å²) >= 11 is 0. The van der Waals surface area contributed by atoms with Crippen LogP contribution < -0.4 is 10.9 Å². The largest absolute Gasteiger partial charge is 0.472 e. The molecule has 2 aromatic rings. The van der Waals surface area contributed by atoms with Gasteiger partial charge in [0.15, 0.2) is 0 Å². The van der Waals surface area contributed by atoms with E-state index in [-0.39, 0.29) is 12.3 Å². The monoisotopic (exact) mass is 244 g/mol. The number of furan rings is 1. The van der Waals surface area contributed by atoms with Gasteiger partial charge in [0.1, 0.15) is 6.26 Å². The van der Waals surface area contributed by atoms with Gasteiger partial charge in [-0.25, -0.2) is 0 Å². The van der Waals surface area contributed by atoms with E-state index in [4.69, 9.17) is 4.42 Å². The van der Waals surface area contributed by atoms with Crippen molar-refractivity contribution in [2.75, 3.05) is 0 Å². The standard InChI is InChI=1S/C13H12N2O3/c16-12(8-10-4-2-1-3-5-10)14-15-13(17)11-6-7-18-9-11/h1-7,9H,8H2,(H,14,16)(H,15,17). The highest BCUT2D eigenvalue weighted by Gasteiger charge is 2.08. The molecule has 0 spiro atoms. The molecule has 0 saturated carbocycles. The molecule has 0 saturated heterocycles. The Morgan fingerprint density at radius 3 is 2.50 bits per heavy atom. The maximum Gasteiger partial charge on any atom is 0.272 e. The van der Waals surface area contributed by atoms with Crippen LogP contribution in [0, 0.1) is 0 Å². The maximum atomic E-state index is 11.5. The zero-order chi connectivity index (χ0) is 12.8. The summed E-state index contributed by atoms with van der Waals surface area (Å²) in [6.07, 6.45) is 2.91. The summed E-state index contributed by atoms with van der Waals surface area (Å²) in [5.41, 5.74) is 5.88. The van der Waals surface area contributed by atoms with E-state index in [1.54, 1.807) is 0 Å². The second-order valence-corrected chi connectivity index (χ2v) is 3.68. The van der Waals surface area contributed by atoms with Gasteiger partial charge in [-0.15, -0.1) is 0 Å². The molecule has 0 unspecified atom stereocenters. The first-order chi connectivity index (χ1) is 8.75. The predicted molar refractivity (Wildman–Crippen MR) is 64.5 cm³/mol. The van der Waals surface area contributed by atoms with Crippen LogP contribution in [0.2, 0.25) is 0 Å². The lowest BCUT2D eigenvalue weighted by molar-refractivity contribution is -0.121. The zero-order valence-corrected chi connectivity index (χ0v) is 9.55. The minimum Gasteiger partial charge on any atom is -0.472 e. The third kappa shape index (κ3) is 3.21. The molecule has 2 rings (SSSR count). The minimum atomic E-state index is -0.412. The molecular weight excluding hydrogens is 232 g/mol. The van der Waals surface area contributed by atoms with Crippen molar-refractivity contribution in [2.24, 2.45) is 0 Å². The van der Waals surface area contributed by atoms with Crippen LogP contribution in [0.5, 0.6) is 0 Å².